The van der Waals surface area contributed by atoms with Gasteiger partial charge in [-0.15, -0.1) is 0 Å². The highest BCUT2D eigenvalue weighted by Crippen LogP contribution is 2.29. The van der Waals surface area contributed by atoms with Gasteiger partial charge in [0.05, 0.1) is 138 Å². The molecule has 0 spiro atoms. The van der Waals surface area contributed by atoms with Gasteiger partial charge in [0.15, 0.2) is 11.6 Å². The Morgan fingerprint density at radius 1 is 0.771 bits per heavy atom. The molecular weight excluding hydrogens is 933 g/mol. The van der Waals surface area contributed by atoms with Gasteiger partial charge in [-0.1, -0.05) is 13.8 Å². The fraction of sp³-hybridized carbons (Fsp3) is 0.702. The van der Waals surface area contributed by atoms with Crippen molar-refractivity contribution in [1.29, 1.82) is 0 Å². The number of carbonyl (C=O) groups is 2. The Morgan fingerprint density at radius 3 is 1.73 bits per heavy atom. The van der Waals surface area contributed by atoms with E-state index in [0.29, 0.717) is 128 Å². The number of aliphatic imine (C=N–C) groups is 1. The van der Waals surface area contributed by atoms with Crippen LogP contribution in [0.15, 0.2) is 22.8 Å². The molecule has 3 rings (SSSR count). The van der Waals surface area contributed by atoms with E-state index in [1.54, 1.807) is 10.8 Å². The van der Waals surface area contributed by atoms with Gasteiger partial charge in [-0.2, -0.15) is 13.9 Å². The van der Waals surface area contributed by atoms with Crippen LogP contribution in [0.3, 0.4) is 0 Å². The molecule has 23 heteroatoms. The fourth-order valence-corrected chi connectivity index (χ4v) is 6.88. The minimum Gasteiger partial charge on any atom is -0.420 e. The van der Waals surface area contributed by atoms with Crippen LogP contribution in [0.4, 0.5) is 23.2 Å². The summed E-state index contributed by atoms with van der Waals surface area (Å²) in [6, 6.07) is 0.0156. The maximum absolute atomic E-state index is 13.6. The van der Waals surface area contributed by atoms with Crippen molar-refractivity contribution in [2.24, 2.45) is 16.6 Å². The van der Waals surface area contributed by atoms with Gasteiger partial charge in [0.1, 0.15) is 17.2 Å². The van der Waals surface area contributed by atoms with Crippen LogP contribution < -0.4 is 15.8 Å². The molecule has 1 aromatic carbocycles. The summed E-state index contributed by atoms with van der Waals surface area (Å²) in [7, 11) is 1.90. The first-order valence-corrected chi connectivity index (χ1v) is 24.0. The number of aliphatic hydroxyl groups is 1. The molecule has 70 heavy (non-hydrogen) atoms. The second-order valence-electron chi connectivity index (χ2n) is 15.9. The van der Waals surface area contributed by atoms with Crippen LogP contribution in [0.2, 0.25) is 0 Å². The summed E-state index contributed by atoms with van der Waals surface area (Å²) in [5.41, 5.74) is 8.03. The third kappa shape index (κ3) is 23.8. The van der Waals surface area contributed by atoms with Crippen LogP contribution in [-0.4, -0.2) is 189 Å². The summed E-state index contributed by atoms with van der Waals surface area (Å²) in [4.78, 5) is 31.6. The number of nitrogens with one attached hydrogen (secondary N) is 1. The lowest BCUT2D eigenvalue weighted by molar-refractivity contribution is -0.136. The molecule has 1 aliphatic rings. The summed E-state index contributed by atoms with van der Waals surface area (Å²) in [5.74, 6) is -9.27. The van der Waals surface area contributed by atoms with Gasteiger partial charge in [0.2, 0.25) is 23.3 Å². The first-order valence-electron chi connectivity index (χ1n) is 24.0. The van der Waals surface area contributed by atoms with E-state index in [1.165, 1.54) is 0 Å². The third-order valence-electron chi connectivity index (χ3n) is 10.3. The van der Waals surface area contributed by atoms with Crippen LogP contribution in [0.1, 0.15) is 58.1 Å². The molecule has 0 aliphatic carbocycles. The lowest BCUT2D eigenvalue weighted by atomic mass is 9.96. The predicted molar refractivity (Wildman–Crippen MR) is 250 cm³/mol. The molecule has 398 valence electrons. The Balaban J connectivity index is 1.14. The average Bonchev–Trinajstić information content (AvgIpc) is 3.63. The molecule has 0 saturated heterocycles. The summed E-state index contributed by atoms with van der Waals surface area (Å²) in [6.45, 7) is 11.8. The Morgan fingerprint density at radius 2 is 1.26 bits per heavy atom. The zero-order valence-electron chi connectivity index (χ0n) is 40.9. The highest BCUT2D eigenvalue weighted by molar-refractivity contribution is 6.05. The standard InChI is InChI=1S/C47H74F4N6O13/c1-4-10-56(11-5-2)47(60)36-29-39-40(54-42(52)30-36)33-57(55-39)32-35(7-6-9-53-3)41(34-58)69-28-27-68-26-25-67-24-23-66-22-21-65-20-19-64-18-17-63-16-15-62-14-13-61-12-8-43(59)70-46-44(50)37(48)31-38(49)45(46)51/h29,31,33,35,41,53,58H,4-28,30,32,34H2,1-3H3,(H2,52,54). The number of amidine groups is 1. The van der Waals surface area contributed by atoms with E-state index >= 15 is 0 Å². The van der Waals surface area contributed by atoms with Crippen LogP contribution in [-0.2, 0) is 58.8 Å². The largest absolute Gasteiger partial charge is 0.420 e. The number of hydrogen-bond donors (Lipinski definition) is 3. The minimum absolute atomic E-state index is 0.0156. The number of esters is 1. The van der Waals surface area contributed by atoms with Crippen LogP contribution in [0, 0.1) is 29.2 Å². The smallest absolute Gasteiger partial charge is 0.313 e. The highest BCUT2D eigenvalue weighted by atomic mass is 19.2. The quantitative estimate of drug-likeness (QED) is 0.0282. The molecule has 2 heterocycles. The number of amides is 1. The maximum atomic E-state index is 13.6. The number of nitrogens with zero attached hydrogens (tertiary/aromatic N) is 4. The second-order valence-corrected chi connectivity index (χ2v) is 15.9. The minimum atomic E-state index is -1.80. The van der Waals surface area contributed by atoms with Crippen LogP contribution in [0.5, 0.6) is 5.75 Å². The zero-order valence-corrected chi connectivity index (χ0v) is 40.9. The molecule has 19 nitrogen and oxygen atoms in total. The number of benzene rings is 1. The Labute approximate surface area is 408 Å². The first kappa shape index (κ1) is 60.2. The molecule has 2 unspecified atom stereocenters. The zero-order chi connectivity index (χ0) is 50.8. The summed E-state index contributed by atoms with van der Waals surface area (Å²) >= 11 is 0. The normalized spacial score (nSPS) is 13.4. The van der Waals surface area contributed by atoms with Gasteiger partial charge < -0.3 is 68.4 Å². The SMILES string of the molecule is CCCN(CCC)C(=O)C1=Cc2nn(CC(CCCNC)C(CO)OCCOCCOCCOCCOCCOCCOCCOCCOCCC(=O)Oc3c(F)c(F)cc(F)c3F)cc2N=C(N)C1. The first-order chi connectivity index (χ1) is 34.0. The average molecular weight is 1010 g/mol. The number of rotatable bonds is 42. The molecule has 0 saturated carbocycles. The number of fused-ring (bicyclic) bond motifs is 1. The molecule has 1 amide bonds. The fourth-order valence-electron chi connectivity index (χ4n) is 6.88. The lowest BCUT2D eigenvalue weighted by Crippen LogP contribution is -2.34. The Bertz CT molecular complexity index is 1810. The van der Waals surface area contributed by atoms with Gasteiger partial charge in [0.25, 0.3) is 0 Å². The maximum Gasteiger partial charge on any atom is 0.313 e. The number of nitrogens with two attached hydrogens (primary N) is 1. The van der Waals surface area contributed by atoms with E-state index in [2.05, 4.69) is 28.9 Å². The number of ether oxygens (including phenoxy) is 10. The molecule has 0 fully saturated rings. The van der Waals surface area contributed by atoms with E-state index in [-0.39, 0.29) is 57.3 Å². The highest BCUT2D eigenvalue weighted by Gasteiger charge is 2.26. The second kappa shape index (κ2) is 36.7. The van der Waals surface area contributed by atoms with Crippen molar-refractivity contribution in [3.8, 4) is 5.75 Å². The van der Waals surface area contributed by atoms with Crippen molar-refractivity contribution in [3.63, 3.8) is 0 Å². The van der Waals surface area contributed by atoms with Crippen molar-refractivity contribution in [3.05, 3.63) is 46.8 Å². The van der Waals surface area contributed by atoms with Gasteiger partial charge in [-0.05, 0) is 45.4 Å². The Hall–Kier alpha value is -4.14. The molecular formula is C47H74F4N6O13. The molecule has 1 aliphatic heterocycles. The number of halogens is 4. The van der Waals surface area contributed by atoms with Gasteiger partial charge in [0, 0.05) is 43.6 Å². The van der Waals surface area contributed by atoms with Gasteiger partial charge in [-0.25, -0.2) is 13.8 Å². The summed E-state index contributed by atoms with van der Waals surface area (Å²) in [6.07, 6.45) is 6.43. The monoisotopic (exact) mass is 1010 g/mol. The molecule has 2 atom stereocenters. The summed E-state index contributed by atoms with van der Waals surface area (Å²) in [5, 5.41) is 18.3. The molecule has 0 bridgehead atoms. The topological polar surface area (TPSA) is 218 Å². The Kier molecular flexibility index (Phi) is 31.6. The molecule has 1 aromatic heterocycles. The van der Waals surface area contributed by atoms with Crippen molar-refractivity contribution < 1.29 is 79.6 Å². The number of hydrogen-bond acceptors (Lipinski definition) is 17. The summed E-state index contributed by atoms with van der Waals surface area (Å²) < 4.78 is 110. The van der Waals surface area contributed by atoms with Crippen molar-refractivity contribution >= 4 is 29.5 Å². The van der Waals surface area contributed by atoms with Crippen LogP contribution >= 0.6 is 0 Å². The van der Waals surface area contributed by atoms with E-state index in [0.717, 1.165) is 32.2 Å². The number of aliphatic hydroxyl groups excluding tert-OH is 1. The van der Waals surface area contributed by atoms with Crippen molar-refractivity contribution in [2.75, 3.05) is 146 Å². The molecule has 0 radical (unpaired) electrons. The van der Waals surface area contributed by atoms with Crippen LogP contribution in [0.25, 0.3) is 6.08 Å². The number of aromatic nitrogens is 2. The predicted octanol–water partition coefficient (Wildman–Crippen LogP) is 3.99. The van der Waals surface area contributed by atoms with Gasteiger partial charge >= 0.3 is 5.97 Å². The van der Waals surface area contributed by atoms with E-state index in [4.69, 9.17) is 53.5 Å². The molecule has 4 N–H and O–H groups in total. The van der Waals surface area contributed by atoms with E-state index in [1.807, 2.05) is 18.1 Å². The van der Waals surface area contributed by atoms with Crippen molar-refractivity contribution in [1.82, 2.24) is 20.0 Å². The van der Waals surface area contributed by atoms with Crippen molar-refractivity contribution in [2.45, 2.75) is 65.0 Å². The molecule has 2 aromatic rings. The van der Waals surface area contributed by atoms with E-state index < -0.39 is 47.5 Å². The van der Waals surface area contributed by atoms with Gasteiger partial charge in [-0.3, -0.25) is 14.3 Å². The van der Waals surface area contributed by atoms with E-state index in [9.17, 15) is 32.3 Å². The lowest BCUT2D eigenvalue weighted by Gasteiger charge is -2.26. The number of carbonyl (C=O) groups excluding carboxylic acids is 2. The third-order valence-corrected chi connectivity index (χ3v) is 10.3.